The van der Waals surface area contributed by atoms with E-state index in [-0.39, 0.29) is 5.41 Å². The first-order valence-corrected chi connectivity index (χ1v) is 6.11. The molecule has 0 amide bonds. The largest absolute Gasteiger partial charge is 0.467 e. The number of anilines is 2. The molecule has 19 heavy (non-hydrogen) atoms. The summed E-state index contributed by atoms with van der Waals surface area (Å²) in [6, 6.07) is 5.52. The number of nitrogens with two attached hydrogens (primary N) is 1. The molecule has 0 aliphatic rings. The van der Waals surface area contributed by atoms with Crippen molar-refractivity contribution >= 4 is 11.6 Å². The van der Waals surface area contributed by atoms with Crippen molar-refractivity contribution in [2.75, 3.05) is 10.7 Å². The fourth-order valence-corrected chi connectivity index (χ4v) is 1.54. The number of nitrogen functional groups attached to an aromatic ring is 1. The first-order chi connectivity index (χ1) is 8.99. The van der Waals surface area contributed by atoms with E-state index in [2.05, 4.69) is 41.5 Å². The maximum absolute atomic E-state index is 5.44. The SMILES string of the molecule is CC(C)(C)c1nc(NN)cc(NCc2ccco2)n1. The zero-order chi connectivity index (χ0) is 13.9. The number of nitrogens with one attached hydrogen (secondary N) is 2. The molecule has 2 aromatic heterocycles. The highest BCUT2D eigenvalue weighted by molar-refractivity contribution is 5.47. The Morgan fingerprint density at radius 1 is 1.26 bits per heavy atom. The van der Waals surface area contributed by atoms with Crippen LogP contribution in [0.3, 0.4) is 0 Å². The van der Waals surface area contributed by atoms with Gasteiger partial charge in [0.15, 0.2) is 0 Å². The lowest BCUT2D eigenvalue weighted by Gasteiger charge is -2.18. The molecule has 2 heterocycles. The Morgan fingerprint density at radius 2 is 2.00 bits per heavy atom. The fraction of sp³-hybridized carbons (Fsp3) is 0.385. The molecule has 0 fully saturated rings. The summed E-state index contributed by atoms with van der Waals surface area (Å²) < 4.78 is 5.26. The molecule has 0 unspecified atom stereocenters. The third-order valence-electron chi connectivity index (χ3n) is 2.57. The highest BCUT2D eigenvalue weighted by Crippen LogP contribution is 2.22. The average Bonchev–Trinajstić information content (AvgIpc) is 2.88. The van der Waals surface area contributed by atoms with E-state index < -0.39 is 0 Å². The van der Waals surface area contributed by atoms with E-state index in [1.165, 1.54) is 0 Å². The third kappa shape index (κ3) is 3.45. The molecule has 0 atom stereocenters. The molecular weight excluding hydrogens is 242 g/mol. The first kappa shape index (κ1) is 13.4. The second-order valence-electron chi connectivity index (χ2n) is 5.29. The molecule has 2 aromatic rings. The van der Waals surface area contributed by atoms with Crippen molar-refractivity contribution in [3.8, 4) is 0 Å². The van der Waals surface area contributed by atoms with Gasteiger partial charge in [0.2, 0.25) is 0 Å². The second kappa shape index (κ2) is 5.27. The molecule has 0 saturated carbocycles. The second-order valence-corrected chi connectivity index (χ2v) is 5.29. The molecule has 0 bridgehead atoms. The predicted molar refractivity (Wildman–Crippen MR) is 74.6 cm³/mol. The summed E-state index contributed by atoms with van der Waals surface area (Å²) in [5.41, 5.74) is 2.41. The lowest BCUT2D eigenvalue weighted by atomic mass is 9.96. The fourth-order valence-electron chi connectivity index (χ4n) is 1.54. The molecule has 6 heteroatoms. The Labute approximate surface area is 112 Å². The highest BCUT2D eigenvalue weighted by atomic mass is 16.3. The molecule has 0 saturated heterocycles. The third-order valence-corrected chi connectivity index (χ3v) is 2.57. The van der Waals surface area contributed by atoms with Crippen molar-refractivity contribution in [2.45, 2.75) is 32.7 Å². The minimum absolute atomic E-state index is 0.145. The molecule has 102 valence electrons. The van der Waals surface area contributed by atoms with Gasteiger partial charge in [-0.3, -0.25) is 0 Å². The van der Waals surface area contributed by atoms with Gasteiger partial charge in [-0.15, -0.1) is 0 Å². The number of rotatable bonds is 4. The maximum Gasteiger partial charge on any atom is 0.145 e. The number of nitrogens with zero attached hydrogens (tertiary/aromatic N) is 2. The summed E-state index contributed by atoms with van der Waals surface area (Å²) in [7, 11) is 0. The Morgan fingerprint density at radius 3 is 2.58 bits per heavy atom. The van der Waals surface area contributed by atoms with E-state index in [0.717, 1.165) is 11.6 Å². The quantitative estimate of drug-likeness (QED) is 0.578. The number of hydrogen-bond acceptors (Lipinski definition) is 6. The maximum atomic E-state index is 5.44. The van der Waals surface area contributed by atoms with Crippen LogP contribution in [0.1, 0.15) is 32.4 Å². The van der Waals surface area contributed by atoms with Gasteiger partial charge in [-0.05, 0) is 12.1 Å². The van der Waals surface area contributed by atoms with E-state index in [4.69, 9.17) is 10.3 Å². The summed E-state index contributed by atoms with van der Waals surface area (Å²) >= 11 is 0. The van der Waals surface area contributed by atoms with Gasteiger partial charge in [-0.25, -0.2) is 15.8 Å². The summed E-state index contributed by atoms with van der Waals surface area (Å²) in [5, 5.41) is 3.19. The normalized spacial score (nSPS) is 11.4. The van der Waals surface area contributed by atoms with Gasteiger partial charge in [0, 0.05) is 11.5 Å². The Balaban J connectivity index is 2.19. The number of hydrogen-bond donors (Lipinski definition) is 3. The van der Waals surface area contributed by atoms with Crippen LogP contribution in [-0.4, -0.2) is 9.97 Å². The molecule has 2 rings (SSSR count). The smallest absolute Gasteiger partial charge is 0.145 e. The molecule has 0 aliphatic heterocycles. The Hall–Kier alpha value is -2.08. The minimum Gasteiger partial charge on any atom is -0.467 e. The zero-order valence-electron chi connectivity index (χ0n) is 11.4. The Kier molecular flexibility index (Phi) is 3.71. The van der Waals surface area contributed by atoms with Gasteiger partial charge in [0.05, 0.1) is 12.8 Å². The van der Waals surface area contributed by atoms with Crippen molar-refractivity contribution in [3.05, 3.63) is 36.0 Å². The summed E-state index contributed by atoms with van der Waals surface area (Å²) in [4.78, 5) is 8.85. The van der Waals surface area contributed by atoms with E-state index >= 15 is 0 Å². The molecule has 0 spiro atoms. The average molecular weight is 261 g/mol. The molecule has 0 aromatic carbocycles. The topological polar surface area (TPSA) is 89.0 Å². The molecule has 0 aliphatic carbocycles. The highest BCUT2D eigenvalue weighted by Gasteiger charge is 2.19. The van der Waals surface area contributed by atoms with Gasteiger partial charge in [-0.1, -0.05) is 20.8 Å². The van der Waals surface area contributed by atoms with Crippen molar-refractivity contribution < 1.29 is 4.42 Å². The monoisotopic (exact) mass is 261 g/mol. The van der Waals surface area contributed by atoms with Crippen LogP contribution in [0.25, 0.3) is 0 Å². The van der Waals surface area contributed by atoms with Crippen molar-refractivity contribution in [1.82, 2.24) is 9.97 Å². The van der Waals surface area contributed by atoms with Crippen LogP contribution in [0.15, 0.2) is 28.9 Å². The van der Waals surface area contributed by atoms with Crippen LogP contribution in [0.5, 0.6) is 0 Å². The summed E-state index contributed by atoms with van der Waals surface area (Å²) in [5.74, 6) is 8.30. The number of aromatic nitrogens is 2. The van der Waals surface area contributed by atoms with Gasteiger partial charge in [-0.2, -0.15) is 0 Å². The van der Waals surface area contributed by atoms with E-state index in [1.54, 1.807) is 12.3 Å². The van der Waals surface area contributed by atoms with Crippen LogP contribution in [0, 0.1) is 0 Å². The number of furan rings is 1. The van der Waals surface area contributed by atoms with Gasteiger partial charge in [0.25, 0.3) is 0 Å². The van der Waals surface area contributed by atoms with Crippen LogP contribution in [-0.2, 0) is 12.0 Å². The Bertz CT molecular complexity index is 530. The van der Waals surface area contributed by atoms with Crippen molar-refractivity contribution in [1.29, 1.82) is 0 Å². The zero-order valence-corrected chi connectivity index (χ0v) is 11.4. The minimum atomic E-state index is -0.145. The van der Waals surface area contributed by atoms with Crippen LogP contribution < -0.4 is 16.6 Å². The lowest BCUT2D eigenvalue weighted by molar-refractivity contribution is 0.517. The van der Waals surface area contributed by atoms with Crippen LogP contribution in [0.4, 0.5) is 11.6 Å². The molecule has 4 N–H and O–H groups in total. The predicted octanol–water partition coefficient (Wildman–Crippen LogP) is 2.26. The molecule has 0 radical (unpaired) electrons. The van der Waals surface area contributed by atoms with Crippen LogP contribution >= 0.6 is 0 Å². The van der Waals surface area contributed by atoms with Crippen LogP contribution in [0.2, 0.25) is 0 Å². The van der Waals surface area contributed by atoms with Crippen molar-refractivity contribution in [2.24, 2.45) is 5.84 Å². The van der Waals surface area contributed by atoms with Crippen molar-refractivity contribution in [3.63, 3.8) is 0 Å². The van der Waals surface area contributed by atoms with Gasteiger partial charge in [0.1, 0.15) is 23.2 Å². The van der Waals surface area contributed by atoms with Gasteiger partial charge >= 0.3 is 0 Å². The summed E-state index contributed by atoms with van der Waals surface area (Å²) in [6.45, 7) is 6.73. The number of hydrazine groups is 1. The molecule has 6 nitrogen and oxygen atoms in total. The standard InChI is InChI=1S/C13H19N5O/c1-13(2,3)12-16-10(7-11(17-12)18-14)15-8-9-5-4-6-19-9/h4-7H,8,14H2,1-3H3,(H2,15,16,17,18). The first-order valence-electron chi connectivity index (χ1n) is 6.11. The van der Waals surface area contributed by atoms with E-state index in [0.29, 0.717) is 18.2 Å². The van der Waals surface area contributed by atoms with Gasteiger partial charge < -0.3 is 15.2 Å². The van der Waals surface area contributed by atoms with E-state index in [1.807, 2.05) is 12.1 Å². The van der Waals surface area contributed by atoms with E-state index in [9.17, 15) is 0 Å². The molecular formula is C13H19N5O. The lowest BCUT2D eigenvalue weighted by Crippen LogP contribution is -2.20. The summed E-state index contributed by atoms with van der Waals surface area (Å²) in [6.07, 6.45) is 1.64.